The minimum Gasteiger partial charge on any atom is -0.492 e. The van der Waals surface area contributed by atoms with Crippen LogP contribution in [0.5, 0.6) is 5.75 Å². The molecule has 0 aromatic heterocycles. The van der Waals surface area contributed by atoms with Crippen LogP contribution in [0.25, 0.3) is 0 Å². The Morgan fingerprint density at radius 3 is 2.54 bits per heavy atom. The van der Waals surface area contributed by atoms with E-state index < -0.39 is 17.8 Å². The van der Waals surface area contributed by atoms with Crippen LogP contribution in [0.3, 0.4) is 0 Å². The van der Waals surface area contributed by atoms with Crippen molar-refractivity contribution in [3.05, 3.63) is 53.6 Å². The van der Waals surface area contributed by atoms with Crippen LogP contribution in [0.1, 0.15) is 24.0 Å². The van der Waals surface area contributed by atoms with Crippen molar-refractivity contribution in [1.29, 1.82) is 0 Å². The molecule has 2 aromatic carbocycles. The molecule has 4 rings (SSSR count). The lowest BCUT2D eigenvalue weighted by Crippen LogP contribution is -2.38. The van der Waals surface area contributed by atoms with Gasteiger partial charge in [0.2, 0.25) is 0 Å². The number of urea groups is 1. The minimum absolute atomic E-state index is 0.152. The van der Waals surface area contributed by atoms with Gasteiger partial charge < -0.3 is 25.0 Å². The molecular weight excluding hydrogens is 461 g/mol. The molecule has 2 aliphatic heterocycles. The first-order valence-corrected chi connectivity index (χ1v) is 11.9. The number of amides is 2. The predicted molar refractivity (Wildman–Crippen MR) is 128 cm³/mol. The molecule has 0 saturated carbocycles. The Morgan fingerprint density at radius 2 is 1.80 bits per heavy atom. The van der Waals surface area contributed by atoms with Gasteiger partial charge in [0.15, 0.2) is 0 Å². The third-order valence-corrected chi connectivity index (χ3v) is 6.15. The average Bonchev–Trinajstić information content (AvgIpc) is 3.38. The fourth-order valence-corrected chi connectivity index (χ4v) is 4.26. The first-order chi connectivity index (χ1) is 16.9. The Hall–Kier alpha value is -2.98. The topological polar surface area (TPSA) is 66.1 Å². The molecule has 7 nitrogen and oxygen atoms in total. The minimum atomic E-state index is -4.49. The molecule has 0 spiro atoms. The highest BCUT2D eigenvalue weighted by atomic mass is 19.4. The quantitative estimate of drug-likeness (QED) is 0.574. The van der Waals surface area contributed by atoms with Crippen molar-refractivity contribution in [3.8, 4) is 5.75 Å². The highest BCUT2D eigenvalue weighted by Crippen LogP contribution is 2.36. The van der Waals surface area contributed by atoms with E-state index in [0.29, 0.717) is 18.0 Å². The van der Waals surface area contributed by atoms with Crippen molar-refractivity contribution in [2.45, 2.75) is 25.6 Å². The van der Waals surface area contributed by atoms with Crippen LogP contribution >= 0.6 is 0 Å². The summed E-state index contributed by atoms with van der Waals surface area (Å²) in [6, 6.07) is 10.3. The van der Waals surface area contributed by atoms with Crippen LogP contribution in [0, 0.1) is 0 Å². The van der Waals surface area contributed by atoms with E-state index in [0.717, 1.165) is 76.5 Å². The van der Waals surface area contributed by atoms with E-state index in [1.54, 1.807) is 0 Å². The number of carbonyl (C=O) groups excluding carboxylic acids is 1. The van der Waals surface area contributed by atoms with Gasteiger partial charge in [-0.1, -0.05) is 12.1 Å². The van der Waals surface area contributed by atoms with E-state index in [1.165, 1.54) is 6.07 Å². The standard InChI is InChI=1S/C25H31F3N4O3/c26-25(27,28)20-6-7-23(32-8-1-2-9-32)22(17-20)30-24(33)29-18-19-4-3-5-21(16-19)35-15-12-31-10-13-34-14-11-31/h3-7,16-17H,1-2,8-15,18H2,(H2,29,30,33). The van der Waals surface area contributed by atoms with Gasteiger partial charge in [-0.25, -0.2) is 4.79 Å². The molecule has 0 unspecified atom stereocenters. The molecule has 190 valence electrons. The average molecular weight is 493 g/mol. The maximum Gasteiger partial charge on any atom is 0.416 e. The number of benzene rings is 2. The first kappa shape index (κ1) is 25.1. The van der Waals surface area contributed by atoms with Crippen molar-refractivity contribution < 1.29 is 27.4 Å². The number of anilines is 2. The van der Waals surface area contributed by atoms with Crippen molar-refractivity contribution >= 4 is 17.4 Å². The molecule has 2 aliphatic rings. The fourth-order valence-electron chi connectivity index (χ4n) is 4.26. The van der Waals surface area contributed by atoms with E-state index in [2.05, 4.69) is 15.5 Å². The summed E-state index contributed by atoms with van der Waals surface area (Å²) in [5, 5.41) is 5.35. The maximum atomic E-state index is 13.3. The molecule has 0 atom stereocenters. The molecule has 2 fully saturated rings. The lowest BCUT2D eigenvalue weighted by molar-refractivity contribution is -0.137. The molecule has 10 heteroatoms. The van der Waals surface area contributed by atoms with Gasteiger partial charge >= 0.3 is 12.2 Å². The number of carbonyl (C=O) groups is 1. The van der Waals surface area contributed by atoms with Crippen LogP contribution in [0.15, 0.2) is 42.5 Å². The Kier molecular flexibility index (Phi) is 8.35. The number of morpholine rings is 1. The fraction of sp³-hybridized carbons (Fsp3) is 0.480. The number of hydrogen-bond donors (Lipinski definition) is 2. The first-order valence-electron chi connectivity index (χ1n) is 11.9. The number of ether oxygens (including phenoxy) is 2. The Balaban J connectivity index is 1.32. The number of halogens is 3. The number of hydrogen-bond acceptors (Lipinski definition) is 5. The summed E-state index contributed by atoms with van der Waals surface area (Å²) in [4.78, 5) is 16.9. The monoisotopic (exact) mass is 492 g/mol. The second-order valence-corrected chi connectivity index (χ2v) is 8.68. The maximum absolute atomic E-state index is 13.3. The number of nitrogens with one attached hydrogen (secondary N) is 2. The lowest BCUT2D eigenvalue weighted by Gasteiger charge is -2.26. The molecule has 0 aliphatic carbocycles. The summed E-state index contributed by atoms with van der Waals surface area (Å²) in [6.07, 6.45) is -2.55. The predicted octanol–water partition coefficient (Wildman–Crippen LogP) is 4.34. The number of rotatable bonds is 8. The summed E-state index contributed by atoms with van der Waals surface area (Å²) >= 11 is 0. The van der Waals surface area contributed by atoms with E-state index in [4.69, 9.17) is 9.47 Å². The van der Waals surface area contributed by atoms with Crippen LogP contribution in [0.2, 0.25) is 0 Å². The second-order valence-electron chi connectivity index (χ2n) is 8.68. The molecule has 0 bridgehead atoms. The van der Waals surface area contributed by atoms with Gasteiger partial charge in [-0.05, 0) is 48.7 Å². The zero-order valence-electron chi connectivity index (χ0n) is 19.6. The Bertz CT molecular complexity index is 990. The summed E-state index contributed by atoms with van der Waals surface area (Å²) in [7, 11) is 0. The highest BCUT2D eigenvalue weighted by molar-refractivity contribution is 5.93. The third-order valence-electron chi connectivity index (χ3n) is 6.15. The molecule has 35 heavy (non-hydrogen) atoms. The number of alkyl halides is 3. The van der Waals surface area contributed by atoms with Crippen molar-refractivity contribution in [2.24, 2.45) is 0 Å². The van der Waals surface area contributed by atoms with Gasteiger partial charge in [0.25, 0.3) is 0 Å². The lowest BCUT2D eigenvalue weighted by atomic mass is 10.1. The van der Waals surface area contributed by atoms with E-state index >= 15 is 0 Å². The molecule has 0 radical (unpaired) electrons. The molecular formula is C25H31F3N4O3. The van der Waals surface area contributed by atoms with Gasteiger partial charge in [0.1, 0.15) is 12.4 Å². The Labute approximate surface area is 203 Å². The van der Waals surface area contributed by atoms with Crippen LogP contribution in [-0.2, 0) is 17.5 Å². The molecule has 2 aromatic rings. The molecule has 2 heterocycles. The van der Waals surface area contributed by atoms with Gasteiger partial charge in [-0.15, -0.1) is 0 Å². The van der Waals surface area contributed by atoms with E-state index in [9.17, 15) is 18.0 Å². The van der Waals surface area contributed by atoms with Gasteiger partial charge in [0, 0.05) is 39.3 Å². The zero-order valence-corrected chi connectivity index (χ0v) is 19.6. The van der Waals surface area contributed by atoms with Crippen LogP contribution < -0.4 is 20.3 Å². The summed E-state index contributed by atoms with van der Waals surface area (Å²) in [6.45, 7) is 6.34. The normalized spacial score (nSPS) is 16.8. The van der Waals surface area contributed by atoms with E-state index in [-0.39, 0.29) is 12.2 Å². The van der Waals surface area contributed by atoms with Crippen molar-refractivity contribution in [3.63, 3.8) is 0 Å². The smallest absolute Gasteiger partial charge is 0.416 e. The molecule has 2 amide bonds. The highest BCUT2D eigenvalue weighted by Gasteiger charge is 2.32. The second kappa shape index (κ2) is 11.6. The Morgan fingerprint density at radius 1 is 1.03 bits per heavy atom. The van der Waals surface area contributed by atoms with Gasteiger partial charge in [-0.2, -0.15) is 13.2 Å². The van der Waals surface area contributed by atoms with E-state index in [1.807, 2.05) is 29.2 Å². The molecule has 2 saturated heterocycles. The third kappa shape index (κ3) is 7.25. The SMILES string of the molecule is O=C(NCc1cccc(OCCN2CCOCC2)c1)Nc1cc(C(F)(F)F)ccc1N1CCCC1. The summed E-state index contributed by atoms with van der Waals surface area (Å²) in [5.41, 5.74) is 0.784. The van der Waals surface area contributed by atoms with Crippen LogP contribution in [-0.4, -0.2) is 63.5 Å². The van der Waals surface area contributed by atoms with Crippen LogP contribution in [0.4, 0.5) is 29.3 Å². The van der Waals surface area contributed by atoms with Crippen molar-refractivity contribution in [1.82, 2.24) is 10.2 Å². The van der Waals surface area contributed by atoms with Gasteiger partial charge in [0.05, 0.1) is 30.2 Å². The van der Waals surface area contributed by atoms with Crippen molar-refractivity contribution in [2.75, 3.05) is 62.8 Å². The zero-order chi connectivity index (χ0) is 24.7. The van der Waals surface area contributed by atoms with Gasteiger partial charge in [-0.3, -0.25) is 4.90 Å². The number of nitrogens with zero attached hydrogens (tertiary/aromatic N) is 2. The summed E-state index contributed by atoms with van der Waals surface area (Å²) < 4.78 is 51.0. The largest absolute Gasteiger partial charge is 0.492 e. The molecule has 2 N–H and O–H groups in total. The summed E-state index contributed by atoms with van der Waals surface area (Å²) in [5.74, 6) is 0.701.